The Bertz CT molecular complexity index is 959. The van der Waals surface area contributed by atoms with Crippen molar-refractivity contribution in [1.29, 1.82) is 0 Å². The fourth-order valence-electron chi connectivity index (χ4n) is 2.53. The molecular weight excluding hydrogens is 318 g/mol. The van der Waals surface area contributed by atoms with Gasteiger partial charge in [0.25, 0.3) is 0 Å². The zero-order valence-electron chi connectivity index (χ0n) is 10.7. The molecule has 20 heavy (non-hydrogen) atoms. The summed E-state index contributed by atoms with van der Waals surface area (Å²) >= 11 is 3.48. The number of hydrogen-bond acceptors (Lipinski definition) is 3. The lowest BCUT2D eigenvalue weighted by Crippen LogP contribution is -1.90. The Morgan fingerprint density at radius 1 is 1.05 bits per heavy atom. The molecule has 0 saturated carbocycles. The third-order valence-corrected chi connectivity index (χ3v) is 3.93. The molecule has 0 aliphatic heterocycles. The number of hydrogen-bond donors (Lipinski definition) is 0. The van der Waals surface area contributed by atoms with Crippen molar-refractivity contribution in [3.05, 3.63) is 46.9 Å². The fraction of sp³-hybridized carbons (Fsp3) is 0.0625. The van der Waals surface area contributed by atoms with Crippen LogP contribution >= 0.6 is 15.9 Å². The second-order valence-corrected chi connectivity index (χ2v) is 5.50. The topological polar surface area (TPSA) is 35.3 Å². The molecule has 0 bridgehead atoms. The third kappa shape index (κ3) is 1.55. The zero-order valence-corrected chi connectivity index (χ0v) is 12.3. The van der Waals surface area contributed by atoms with Crippen LogP contribution in [0.15, 0.2) is 51.4 Å². The zero-order chi connectivity index (χ0) is 13.7. The van der Waals surface area contributed by atoms with Crippen molar-refractivity contribution in [2.75, 3.05) is 7.11 Å². The van der Waals surface area contributed by atoms with Crippen LogP contribution in [0, 0.1) is 0 Å². The van der Waals surface area contributed by atoms with E-state index in [1.807, 2.05) is 42.5 Å². The van der Waals surface area contributed by atoms with E-state index in [4.69, 9.17) is 9.15 Å². The highest BCUT2D eigenvalue weighted by Crippen LogP contribution is 2.37. The first-order valence-electron chi connectivity index (χ1n) is 6.22. The van der Waals surface area contributed by atoms with E-state index in [1.165, 1.54) is 0 Å². The smallest absolute Gasteiger partial charge is 0.221 e. The summed E-state index contributed by atoms with van der Waals surface area (Å²) in [4.78, 5) is 4.61. The average molecular weight is 328 g/mol. The number of pyridine rings is 1. The van der Waals surface area contributed by atoms with E-state index in [1.54, 1.807) is 7.11 Å². The molecule has 0 aliphatic carbocycles. The van der Waals surface area contributed by atoms with Gasteiger partial charge in [0, 0.05) is 20.6 Å². The molecule has 0 unspecified atom stereocenters. The van der Waals surface area contributed by atoms with Gasteiger partial charge in [-0.3, -0.25) is 0 Å². The Morgan fingerprint density at radius 2 is 1.90 bits per heavy atom. The standard InChI is InChI=1S/C16H10BrNO2/c1-19-16-12-8-9(17)6-7-10(12)15-14(18-16)11-4-2-3-5-13(11)20-15/h2-8H,1H3. The molecule has 4 heteroatoms. The molecule has 2 heterocycles. The van der Waals surface area contributed by atoms with Crippen LogP contribution in [0.1, 0.15) is 0 Å². The largest absolute Gasteiger partial charge is 0.481 e. The summed E-state index contributed by atoms with van der Waals surface area (Å²) in [6.45, 7) is 0. The monoisotopic (exact) mass is 327 g/mol. The van der Waals surface area contributed by atoms with Crippen LogP contribution in [0.25, 0.3) is 32.8 Å². The number of fused-ring (bicyclic) bond motifs is 5. The van der Waals surface area contributed by atoms with Gasteiger partial charge >= 0.3 is 0 Å². The molecule has 98 valence electrons. The van der Waals surface area contributed by atoms with Gasteiger partial charge in [-0.15, -0.1) is 0 Å². The highest BCUT2D eigenvalue weighted by Gasteiger charge is 2.15. The minimum atomic E-state index is 0.611. The molecule has 0 saturated heterocycles. The highest BCUT2D eigenvalue weighted by atomic mass is 79.9. The Balaban J connectivity index is 2.29. The van der Waals surface area contributed by atoms with Crippen molar-refractivity contribution >= 4 is 48.8 Å². The molecule has 0 N–H and O–H groups in total. The van der Waals surface area contributed by atoms with Crippen molar-refractivity contribution in [3.8, 4) is 5.88 Å². The Labute approximate surface area is 123 Å². The van der Waals surface area contributed by atoms with Crippen LogP contribution in [0.2, 0.25) is 0 Å². The third-order valence-electron chi connectivity index (χ3n) is 3.43. The fourth-order valence-corrected chi connectivity index (χ4v) is 2.90. The van der Waals surface area contributed by atoms with E-state index in [0.29, 0.717) is 5.88 Å². The first-order valence-corrected chi connectivity index (χ1v) is 7.02. The van der Waals surface area contributed by atoms with E-state index in [2.05, 4.69) is 20.9 Å². The van der Waals surface area contributed by atoms with Crippen molar-refractivity contribution in [1.82, 2.24) is 4.98 Å². The maximum Gasteiger partial charge on any atom is 0.221 e. The van der Waals surface area contributed by atoms with Crippen LogP contribution in [-0.4, -0.2) is 12.1 Å². The lowest BCUT2D eigenvalue weighted by molar-refractivity contribution is 0.405. The minimum absolute atomic E-state index is 0.611. The van der Waals surface area contributed by atoms with E-state index in [0.717, 1.165) is 37.3 Å². The number of halogens is 1. The molecule has 0 atom stereocenters. The maximum atomic E-state index is 5.97. The van der Waals surface area contributed by atoms with Crippen molar-refractivity contribution in [3.63, 3.8) is 0 Å². The number of aromatic nitrogens is 1. The summed E-state index contributed by atoms with van der Waals surface area (Å²) in [6.07, 6.45) is 0. The molecule has 4 rings (SSSR count). The van der Waals surface area contributed by atoms with Gasteiger partial charge in [-0.25, -0.2) is 4.98 Å². The molecule has 0 radical (unpaired) electrons. The van der Waals surface area contributed by atoms with Gasteiger partial charge in [-0.05, 0) is 30.3 Å². The van der Waals surface area contributed by atoms with Gasteiger partial charge in [-0.2, -0.15) is 0 Å². The number of methoxy groups -OCH3 is 1. The van der Waals surface area contributed by atoms with Crippen LogP contribution in [0.5, 0.6) is 5.88 Å². The van der Waals surface area contributed by atoms with Gasteiger partial charge in [-0.1, -0.05) is 28.1 Å². The summed E-state index contributed by atoms with van der Waals surface area (Å²) in [5.74, 6) is 0.611. The average Bonchev–Trinajstić information content (AvgIpc) is 2.84. The quantitative estimate of drug-likeness (QED) is 0.498. The second-order valence-electron chi connectivity index (χ2n) is 4.59. The maximum absolute atomic E-state index is 5.97. The number of furan rings is 1. The number of ether oxygens (including phenoxy) is 1. The molecule has 2 aromatic carbocycles. The predicted molar refractivity (Wildman–Crippen MR) is 83.3 cm³/mol. The van der Waals surface area contributed by atoms with E-state index < -0.39 is 0 Å². The predicted octanol–water partition coefficient (Wildman–Crippen LogP) is 4.91. The van der Waals surface area contributed by atoms with E-state index in [-0.39, 0.29) is 0 Å². The van der Waals surface area contributed by atoms with Crippen molar-refractivity contribution < 1.29 is 9.15 Å². The molecule has 0 amide bonds. The summed E-state index contributed by atoms with van der Waals surface area (Å²) in [7, 11) is 1.64. The first kappa shape index (κ1) is 11.7. The second kappa shape index (κ2) is 4.21. The molecule has 4 aromatic rings. The highest BCUT2D eigenvalue weighted by molar-refractivity contribution is 9.10. The summed E-state index contributed by atoms with van der Waals surface area (Å²) in [6, 6.07) is 13.9. The molecule has 2 aromatic heterocycles. The SMILES string of the molecule is COc1nc2c3ccccc3oc2c2ccc(Br)cc12. The molecule has 0 fully saturated rings. The van der Waals surface area contributed by atoms with Gasteiger partial charge in [0.05, 0.1) is 7.11 Å². The molecule has 0 spiro atoms. The van der Waals surface area contributed by atoms with Gasteiger partial charge < -0.3 is 9.15 Å². The van der Waals surface area contributed by atoms with Gasteiger partial charge in [0.15, 0.2) is 5.58 Å². The lowest BCUT2D eigenvalue weighted by atomic mass is 10.1. The van der Waals surface area contributed by atoms with Crippen LogP contribution in [-0.2, 0) is 0 Å². The Morgan fingerprint density at radius 3 is 2.75 bits per heavy atom. The number of nitrogens with zero attached hydrogens (tertiary/aromatic N) is 1. The lowest BCUT2D eigenvalue weighted by Gasteiger charge is -2.05. The summed E-state index contributed by atoms with van der Waals surface area (Å²) in [5.41, 5.74) is 2.48. The van der Waals surface area contributed by atoms with Crippen LogP contribution < -0.4 is 4.74 Å². The van der Waals surface area contributed by atoms with Gasteiger partial charge in [0.2, 0.25) is 5.88 Å². The number of benzene rings is 2. The molecular formula is C16H10BrNO2. The first-order chi connectivity index (χ1) is 9.78. The number of para-hydroxylation sites is 1. The minimum Gasteiger partial charge on any atom is -0.481 e. The van der Waals surface area contributed by atoms with Crippen LogP contribution in [0.4, 0.5) is 0 Å². The van der Waals surface area contributed by atoms with Crippen molar-refractivity contribution in [2.24, 2.45) is 0 Å². The molecule has 3 nitrogen and oxygen atoms in total. The number of rotatable bonds is 1. The Kier molecular flexibility index (Phi) is 2.47. The summed E-state index contributed by atoms with van der Waals surface area (Å²) < 4.78 is 12.4. The Hall–Kier alpha value is -2.07. The van der Waals surface area contributed by atoms with Crippen molar-refractivity contribution in [2.45, 2.75) is 0 Å². The summed E-state index contributed by atoms with van der Waals surface area (Å²) in [5, 5.41) is 2.95. The normalized spacial score (nSPS) is 11.5. The van der Waals surface area contributed by atoms with E-state index >= 15 is 0 Å². The van der Waals surface area contributed by atoms with Gasteiger partial charge in [0.1, 0.15) is 11.1 Å². The van der Waals surface area contributed by atoms with Crippen LogP contribution in [0.3, 0.4) is 0 Å². The molecule has 0 aliphatic rings. The van der Waals surface area contributed by atoms with E-state index in [9.17, 15) is 0 Å².